The smallest absolute Gasteiger partial charge is 0.339 e. The van der Waals surface area contributed by atoms with Gasteiger partial charge < -0.3 is 9.84 Å². The van der Waals surface area contributed by atoms with E-state index >= 15 is 0 Å². The second kappa shape index (κ2) is 7.68. The van der Waals surface area contributed by atoms with Crippen molar-refractivity contribution in [2.75, 3.05) is 7.11 Å². The number of ether oxygens (including phenoxy) is 1. The lowest BCUT2D eigenvalue weighted by Crippen LogP contribution is -2.56. The number of aromatic carboxylic acids is 1. The molecule has 0 aliphatic rings. The van der Waals surface area contributed by atoms with Crippen molar-refractivity contribution in [2.45, 2.75) is 55.4 Å². The molecule has 0 amide bonds. The highest BCUT2D eigenvalue weighted by Crippen LogP contribution is 2.04. The molecule has 0 unspecified atom stereocenters. The molecule has 0 spiro atoms. The number of rotatable bonds is 2. The molecule has 1 rings (SSSR count). The number of hydrogen-bond donors (Lipinski definition) is 1. The van der Waals surface area contributed by atoms with Crippen LogP contribution in [0.5, 0.6) is 0 Å². The van der Waals surface area contributed by atoms with Crippen molar-refractivity contribution in [3.05, 3.63) is 32.0 Å². The van der Waals surface area contributed by atoms with Crippen LogP contribution in [-0.4, -0.2) is 24.2 Å². The molecule has 0 aliphatic heterocycles. The zero-order valence-electron chi connectivity index (χ0n) is 16.7. The zero-order chi connectivity index (χ0) is 19.6. The molecule has 1 aromatic rings. The maximum atomic E-state index is 12.6. The number of carboxylic acid groups (broad SMARTS) is 1. The molecule has 0 aliphatic carbocycles. The molecule has 0 radical (unpaired) electrons. The molecule has 136 valence electrons. The second-order valence-corrected chi connectivity index (χ2v) is 7.05. The maximum Gasteiger partial charge on any atom is 0.339 e. The SMILES string of the molecule is COC(=O)c1c(C(=O)O)c(=C(C)C)c(=C(C)C)c(=C(C)C)c1=C(C)C. The highest BCUT2D eigenvalue weighted by Gasteiger charge is 2.24. The minimum Gasteiger partial charge on any atom is -0.478 e. The number of esters is 1. The van der Waals surface area contributed by atoms with Gasteiger partial charge >= 0.3 is 11.9 Å². The summed E-state index contributed by atoms with van der Waals surface area (Å²) in [6.07, 6.45) is 0. The molecule has 1 aromatic carbocycles. The van der Waals surface area contributed by atoms with Gasteiger partial charge in [0.1, 0.15) is 0 Å². The lowest BCUT2D eigenvalue weighted by molar-refractivity contribution is 0.0580. The van der Waals surface area contributed by atoms with Crippen LogP contribution in [0.4, 0.5) is 0 Å². The summed E-state index contributed by atoms with van der Waals surface area (Å²) in [7, 11) is 1.28. The Morgan fingerprint density at radius 3 is 1.20 bits per heavy atom. The monoisotopic (exact) mass is 344 g/mol. The van der Waals surface area contributed by atoms with Crippen molar-refractivity contribution < 1.29 is 19.4 Å². The van der Waals surface area contributed by atoms with Gasteiger partial charge in [-0.1, -0.05) is 22.3 Å². The van der Waals surface area contributed by atoms with Crippen molar-refractivity contribution in [3.63, 3.8) is 0 Å². The van der Waals surface area contributed by atoms with Gasteiger partial charge in [0.2, 0.25) is 0 Å². The van der Waals surface area contributed by atoms with Gasteiger partial charge in [0.15, 0.2) is 0 Å². The van der Waals surface area contributed by atoms with E-state index in [1.807, 2.05) is 55.4 Å². The van der Waals surface area contributed by atoms with Gasteiger partial charge in [0.25, 0.3) is 0 Å². The van der Waals surface area contributed by atoms with E-state index in [2.05, 4.69) is 0 Å². The quantitative estimate of drug-likeness (QED) is 0.833. The normalized spacial score (nSPS) is 10.3. The number of carbonyl (C=O) groups excluding carboxylic acids is 1. The van der Waals surface area contributed by atoms with Crippen LogP contribution in [0.15, 0.2) is 0 Å². The molecule has 4 heteroatoms. The Hall–Kier alpha value is -2.36. The molecule has 0 fully saturated rings. The Morgan fingerprint density at radius 1 is 0.640 bits per heavy atom. The van der Waals surface area contributed by atoms with Crippen LogP contribution in [0, 0.1) is 0 Å². The maximum absolute atomic E-state index is 12.6. The fourth-order valence-corrected chi connectivity index (χ4v) is 3.27. The Morgan fingerprint density at radius 2 is 0.960 bits per heavy atom. The first-order valence-electron chi connectivity index (χ1n) is 8.24. The van der Waals surface area contributed by atoms with Crippen LogP contribution in [-0.2, 0) is 4.74 Å². The van der Waals surface area contributed by atoms with E-state index in [1.54, 1.807) is 0 Å². The summed E-state index contributed by atoms with van der Waals surface area (Å²) in [5.41, 5.74) is 3.91. The van der Waals surface area contributed by atoms with Gasteiger partial charge in [-0.15, -0.1) is 0 Å². The molecular formula is C21H28O4. The van der Waals surface area contributed by atoms with E-state index in [0.29, 0.717) is 10.4 Å². The van der Waals surface area contributed by atoms with Crippen molar-refractivity contribution >= 4 is 34.2 Å². The summed E-state index contributed by atoms with van der Waals surface area (Å²) >= 11 is 0. The number of carbonyl (C=O) groups is 2. The Balaban J connectivity index is 4.98. The minimum atomic E-state index is -1.12. The fraction of sp³-hybridized carbons (Fsp3) is 0.429. The van der Waals surface area contributed by atoms with Crippen LogP contribution in [0.25, 0.3) is 22.3 Å². The standard InChI is InChI=1S/C21H28O4/c1-10(2)14-15(11(3)4)17(13(7)8)19(21(24)25-9)18(20(22)23)16(14)12(5)6/h1-9H3,(H,22,23). The summed E-state index contributed by atoms with van der Waals surface area (Å²) in [4.78, 5) is 24.7. The first-order valence-corrected chi connectivity index (χ1v) is 8.24. The fourth-order valence-electron chi connectivity index (χ4n) is 3.27. The minimum absolute atomic E-state index is 0.0178. The topological polar surface area (TPSA) is 63.6 Å². The third kappa shape index (κ3) is 3.68. The Kier molecular flexibility index (Phi) is 6.36. The van der Waals surface area contributed by atoms with Gasteiger partial charge in [-0.25, -0.2) is 9.59 Å². The lowest BCUT2D eigenvalue weighted by atomic mass is 9.91. The predicted octanol–water partition coefficient (Wildman–Crippen LogP) is 1.93. The largest absolute Gasteiger partial charge is 0.478 e. The number of benzene rings is 1. The van der Waals surface area contributed by atoms with Crippen molar-refractivity contribution in [1.82, 2.24) is 0 Å². The summed E-state index contributed by atoms with van der Waals surface area (Å²) in [5, 5.41) is 13.0. The summed E-state index contributed by atoms with van der Waals surface area (Å²) in [5.74, 6) is -1.75. The molecule has 0 saturated heterocycles. The van der Waals surface area contributed by atoms with Gasteiger partial charge in [-0.3, -0.25) is 0 Å². The summed E-state index contributed by atoms with van der Waals surface area (Å²) in [6.45, 7) is 15.4. The van der Waals surface area contributed by atoms with E-state index in [-0.39, 0.29) is 11.1 Å². The van der Waals surface area contributed by atoms with Crippen LogP contribution in [0.3, 0.4) is 0 Å². The van der Waals surface area contributed by atoms with Crippen molar-refractivity contribution in [2.24, 2.45) is 0 Å². The average molecular weight is 344 g/mol. The van der Waals surface area contributed by atoms with Crippen molar-refractivity contribution in [1.29, 1.82) is 0 Å². The van der Waals surface area contributed by atoms with Crippen LogP contribution < -0.4 is 20.9 Å². The average Bonchev–Trinajstić information content (AvgIpc) is 2.50. The number of methoxy groups -OCH3 is 1. The van der Waals surface area contributed by atoms with E-state index in [4.69, 9.17) is 4.74 Å². The molecule has 25 heavy (non-hydrogen) atoms. The van der Waals surface area contributed by atoms with Gasteiger partial charge in [-0.05, 0) is 76.3 Å². The van der Waals surface area contributed by atoms with Crippen LogP contribution >= 0.6 is 0 Å². The Bertz CT molecular complexity index is 976. The summed E-state index contributed by atoms with van der Waals surface area (Å²) < 4.78 is 4.95. The van der Waals surface area contributed by atoms with E-state index < -0.39 is 11.9 Å². The first kappa shape index (κ1) is 20.7. The summed E-state index contributed by atoms with van der Waals surface area (Å²) in [6, 6.07) is 0. The van der Waals surface area contributed by atoms with Crippen LogP contribution in [0.2, 0.25) is 0 Å². The van der Waals surface area contributed by atoms with Crippen molar-refractivity contribution in [3.8, 4) is 0 Å². The van der Waals surface area contributed by atoms with E-state index in [0.717, 1.165) is 32.7 Å². The number of carboxylic acids is 1. The second-order valence-electron chi connectivity index (χ2n) is 7.05. The molecule has 4 nitrogen and oxygen atoms in total. The number of hydrogen-bond acceptors (Lipinski definition) is 3. The molecule has 1 N–H and O–H groups in total. The highest BCUT2D eigenvalue weighted by molar-refractivity contribution is 6.03. The first-order chi connectivity index (χ1) is 11.5. The third-order valence-electron chi connectivity index (χ3n) is 4.10. The molecular weight excluding hydrogens is 316 g/mol. The lowest BCUT2D eigenvalue weighted by Gasteiger charge is -2.14. The van der Waals surface area contributed by atoms with Gasteiger partial charge in [0, 0.05) is 0 Å². The van der Waals surface area contributed by atoms with Gasteiger partial charge in [0.05, 0.1) is 18.2 Å². The molecule has 0 heterocycles. The van der Waals surface area contributed by atoms with Crippen LogP contribution in [0.1, 0.15) is 76.1 Å². The third-order valence-corrected chi connectivity index (χ3v) is 4.10. The van der Waals surface area contributed by atoms with Gasteiger partial charge in [-0.2, -0.15) is 0 Å². The molecule has 0 bridgehead atoms. The molecule has 0 atom stereocenters. The molecule has 0 aromatic heterocycles. The van der Waals surface area contributed by atoms with E-state index in [9.17, 15) is 14.7 Å². The predicted molar refractivity (Wildman–Crippen MR) is 102 cm³/mol. The molecule has 0 saturated carbocycles. The Labute approximate surface area is 148 Å². The van der Waals surface area contributed by atoms with E-state index in [1.165, 1.54) is 7.11 Å². The zero-order valence-corrected chi connectivity index (χ0v) is 16.7. The highest BCUT2D eigenvalue weighted by atomic mass is 16.5.